The third kappa shape index (κ3) is 4.28. The first-order valence-corrected chi connectivity index (χ1v) is 8.18. The van der Waals surface area contributed by atoms with Crippen LogP contribution in [0.5, 0.6) is 0 Å². The van der Waals surface area contributed by atoms with Crippen molar-refractivity contribution in [3.63, 3.8) is 0 Å². The molecule has 22 heavy (non-hydrogen) atoms. The molecule has 7 heteroatoms. The zero-order chi connectivity index (χ0) is 16.3. The minimum absolute atomic E-state index is 0.0942. The van der Waals surface area contributed by atoms with Gasteiger partial charge in [0.05, 0.1) is 12.7 Å². The molecule has 0 spiro atoms. The van der Waals surface area contributed by atoms with Crippen LogP contribution in [0.2, 0.25) is 0 Å². The fourth-order valence-electron chi connectivity index (χ4n) is 2.80. The van der Waals surface area contributed by atoms with E-state index < -0.39 is 5.97 Å². The molecule has 2 N–H and O–H groups in total. The second-order valence-electron chi connectivity index (χ2n) is 5.73. The van der Waals surface area contributed by atoms with Gasteiger partial charge in [-0.3, -0.25) is 4.79 Å². The second kappa shape index (κ2) is 7.21. The van der Waals surface area contributed by atoms with E-state index in [0.717, 1.165) is 18.0 Å². The molecular weight excluding hydrogens is 304 g/mol. The number of esters is 1. The number of thiophene rings is 1. The van der Waals surface area contributed by atoms with Crippen LogP contribution in [0, 0.1) is 6.92 Å². The monoisotopic (exact) mass is 327 g/mol. The van der Waals surface area contributed by atoms with Gasteiger partial charge in [-0.2, -0.15) is 0 Å². The SMILES string of the molecule is COC(=O)c1cc(C)sc1NC(=O)C[NH+]1C[C@H](C)O[C@@H](C)C1. The molecule has 0 saturated carbocycles. The number of carbonyl (C=O) groups excluding carboxylic acids is 2. The standard InChI is InChI=1S/C15H22N2O4S/c1-9-6-17(7-10(2)21-9)8-13(18)16-14-12(15(19)20-4)5-11(3)22-14/h5,9-10H,6-8H2,1-4H3,(H,16,18)/p+1/t9-,10-/m0/s1. The summed E-state index contributed by atoms with van der Waals surface area (Å²) in [5.74, 6) is -0.524. The Morgan fingerprint density at radius 1 is 1.41 bits per heavy atom. The van der Waals surface area contributed by atoms with Gasteiger partial charge in [0.15, 0.2) is 6.54 Å². The normalized spacial score (nSPS) is 24.8. The van der Waals surface area contributed by atoms with Crippen LogP contribution in [0.25, 0.3) is 0 Å². The molecule has 2 heterocycles. The number of aryl methyl sites for hydroxylation is 1. The summed E-state index contributed by atoms with van der Waals surface area (Å²) in [5, 5.41) is 3.40. The Morgan fingerprint density at radius 3 is 2.64 bits per heavy atom. The van der Waals surface area contributed by atoms with Crippen molar-refractivity contribution in [3.05, 3.63) is 16.5 Å². The van der Waals surface area contributed by atoms with Crippen molar-refractivity contribution in [2.45, 2.75) is 33.0 Å². The van der Waals surface area contributed by atoms with Crippen LogP contribution in [0.1, 0.15) is 29.1 Å². The van der Waals surface area contributed by atoms with Crippen LogP contribution in [-0.4, -0.2) is 50.8 Å². The number of amides is 1. The van der Waals surface area contributed by atoms with Gasteiger partial charge in [0.2, 0.25) is 0 Å². The van der Waals surface area contributed by atoms with E-state index in [4.69, 9.17) is 9.47 Å². The number of morpholine rings is 1. The molecule has 1 aromatic heterocycles. The van der Waals surface area contributed by atoms with E-state index in [9.17, 15) is 9.59 Å². The lowest BCUT2D eigenvalue weighted by Gasteiger charge is -2.31. The number of rotatable bonds is 4. The molecule has 0 unspecified atom stereocenters. The van der Waals surface area contributed by atoms with E-state index in [-0.39, 0.29) is 18.1 Å². The zero-order valence-corrected chi connectivity index (χ0v) is 14.2. The zero-order valence-electron chi connectivity index (χ0n) is 13.4. The Morgan fingerprint density at radius 2 is 2.05 bits per heavy atom. The Hall–Kier alpha value is -1.44. The van der Waals surface area contributed by atoms with E-state index >= 15 is 0 Å². The molecule has 122 valence electrons. The van der Waals surface area contributed by atoms with Crippen molar-refractivity contribution in [2.24, 2.45) is 0 Å². The van der Waals surface area contributed by atoms with Crippen LogP contribution in [0.15, 0.2) is 6.07 Å². The van der Waals surface area contributed by atoms with Crippen molar-refractivity contribution < 1.29 is 24.0 Å². The summed E-state index contributed by atoms with van der Waals surface area (Å²) >= 11 is 1.38. The lowest BCUT2D eigenvalue weighted by Crippen LogP contribution is -3.16. The van der Waals surface area contributed by atoms with Gasteiger partial charge in [-0.15, -0.1) is 11.3 Å². The summed E-state index contributed by atoms with van der Waals surface area (Å²) in [6.07, 6.45) is 0.308. The van der Waals surface area contributed by atoms with Crippen molar-refractivity contribution >= 4 is 28.2 Å². The minimum Gasteiger partial charge on any atom is -0.465 e. The molecule has 2 rings (SSSR count). The molecule has 1 amide bonds. The summed E-state index contributed by atoms with van der Waals surface area (Å²) in [4.78, 5) is 26.1. The van der Waals surface area contributed by atoms with Crippen molar-refractivity contribution in [2.75, 3.05) is 32.1 Å². The summed E-state index contributed by atoms with van der Waals surface area (Å²) in [7, 11) is 1.33. The van der Waals surface area contributed by atoms with Gasteiger partial charge in [0.1, 0.15) is 30.3 Å². The number of carbonyl (C=O) groups is 2. The number of quaternary nitrogens is 1. The summed E-state index contributed by atoms with van der Waals surface area (Å²) < 4.78 is 10.4. The lowest BCUT2D eigenvalue weighted by molar-refractivity contribution is -0.907. The Bertz CT molecular complexity index is 548. The first-order valence-electron chi connectivity index (χ1n) is 7.36. The van der Waals surface area contributed by atoms with Gasteiger partial charge in [0.25, 0.3) is 5.91 Å². The fraction of sp³-hybridized carbons (Fsp3) is 0.600. The lowest BCUT2D eigenvalue weighted by atomic mass is 10.2. The Kier molecular flexibility index (Phi) is 5.55. The fourth-order valence-corrected chi connectivity index (χ4v) is 3.72. The first-order chi connectivity index (χ1) is 10.4. The average Bonchev–Trinajstić information content (AvgIpc) is 2.77. The van der Waals surface area contributed by atoms with Gasteiger partial charge in [0, 0.05) is 4.88 Å². The maximum absolute atomic E-state index is 12.2. The smallest absolute Gasteiger partial charge is 0.340 e. The highest BCUT2D eigenvalue weighted by atomic mass is 32.1. The molecule has 1 aliphatic heterocycles. The molecular formula is C15H23N2O4S+. The Labute approximate surface area is 134 Å². The van der Waals surface area contributed by atoms with E-state index in [0.29, 0.717) is 17.1 Å². The van der Waals surface area contributed by atoms with Crippen molar-refractivity contribution in [1.82, 2.24) is 0 Å². The number of hydrogen-bond acceptors (Lipinski definition) is 5. The summed E-state index contributed by atoms with van der Waals surface area (Å²) in [6.45, 7) is 7.92. The van der Waals surface area contributed by atoms with Crippen LogP contribution in [0.3, 0.4) is 0 Å². The van der Waals surface area contributed by atoms with Gasteiger partial charge in [-0.25, -0.2) is 4.79 Å². The molecule has 1 aromatic rings. The highest BCUT2D eigenvalue weighted by molar-refractivity contribution is 7.16. The largest absolute Gasteiger partial charge is 0.465 e. The number of ether oxygens (including phenoxy) is 2. The Balaban J connectivity index is 1.99. The van der Waals surface area contributed by atoms with Gasteiger partial charge < -0.3 is 19.7 Å². The maximum Gasteiger partial charge on any atom is 0.340 e. The van der Waals surface area contributed by atoms with Crippen molar-refractivity contribution in [3.8, 4) is 0 Å². The van der Waals surface area contributed by atoms with Crippen LogP contribution in [0.4, 0.5) is 5.00 Å². The topological polar surface area (TPSA) is 69.1 Å². The van der Waals surface area contributed by atoms with Crippen LogP contribution >= 0.6 is 11.3 Å². The highest BCUT2D eigenvalue weighted by Crippen LogP contribution is 2.27. The predicted molar refractivity (Wildman–Crippen MR) is 84.6 cm³/mol. The van der Waals surface area contributed by atoms with E-state index in [1.165, 1.54) is 23.3 Å². The van der Waals surface area contributed by atoms with Crippen LogP contribution < -0.4 is 10.2 Å². The number of nitrogens with one attached hydrogen (secondary N) is 2. The molecule has 6 nitrogen and oxygen atoms in total. The van der Waals surface area contributed by atoms with E-state index in [1.54, 1.807) is 6.07 Å². The molecule has 0 bridgehead atoms. The molecule has 1 aliphatic rings. The molecule has 0 aliphatic carbocycles. The third-order valence-corrected chi connectivity index (χ3v) is 4.51. The minimum atomic E-state index is -0.430. The van der Waals surface area contributed by atoms with Gasteiger partial charge in [-0.05, 0) is 26.8 Å². The molecule has 1 fully saturated rings. The number of anilines is 1. The van der Waals surface area contributed by atoms with Crippen LogP contribution in [-0.2, 0) is 14.3 Å². The first kappa shape index (κ1) is 16.9. The van der Waals surface area contributed by atoms with E-state index in [1.807, 2.05) is 20.8 Å². The summed E-state index contributed by atoms with van der Waals surface area (Å²) in [6, 6.07) is 1.73. The van der Waals surface area contributed by atoms with Gasteiger partial charge in [-0.1, -0.05) is 0 Å². The second-order valence-corrected chi connectivity index (χ2v) is 6.99. The number of methoxy groups -OCH3 is 1. The molecule has 1 saturated heterocycles. The average molecular weight is 327 g/mol. The maximum atomic E-state index is 12.2. The third-order valence-electron chi connectivity index (χ3n) is 3.54. The van der Waals surface area contributed by atoms with E-state index in [2.05, 4.69) is 5.32 Å². The quantitative estimate of drug-likeness (QED) is 0.789. The van der Waals surface area contributed by atoms with Crippen molar-refractivity contribution in [1.29, 1.82) is 0 Å². The number of hydrogen-bond donors (Lipinski definition) is 2. The molecule has 0 aromatic carbocycles. The molecule has 0 radical (unpaired) electrons. The molecule has 2 atom stereocenters. The summed E-state index contributed by atoms with van der Waals surface area (Å²) in [5.41, 5.74) is 0.414. The predicted octanol–water partition coefficient (Wildman–Crippen LogP) is 0.474. The van der Waals surface area contributed by atoms with Gasteiger partial charge >= 0.3 is 5.97 Å². The highest BCUT2D eigenvalue weighted by Gasteiger charge is 2.27.